The first kappa shape index (κ1) is 10.5. The van der Waals surface area contributed by atoms with E-state index in [0.717, 1.165) is 0 Å². The highest BCUT2D eigenvalue weighted by molar-refractivity contribution is 5.85. The number of nitrogens with one attached hydrogen (secondary N) is 1. The SMILES string of the molecule is CCOC(=O)NN.Cl. The summed E-state index contributed by atoms with van der Waals surface area (Å²) in [5.74, 6) is 4.63. The fraction of sp³-hybridized carbons (Fsp3) is 0.667. The van der Waals surface area contributed by atoms with Crippen LogP contribution in [0.3, 0.4) is 0 Å². The molecule has 0 aromatic rings. The van der Waals surface area contributed by atoms with E-state index < -0.39 is 6.09 Å². The van der Waals surface area contributed by atoms with Crippen LogP contribution in [0.4, 0.5) is 4.79 Å². The van der Waals surface area contributed by atoms with Crippen molar-refractivity contribution in [3.63, 3.8) is 0 Å². The normalized spacial score (nSPS) is 6.75. The maximum Gasteiger partial charge on any atom is 0.421 e. The van der Waals surface area contributed by atoms with Gasteiger partial charge in [-0.3, -0.25) is 5.43 Å². The molecule has 0 radical (unpaired) electrons. The van der Waals surface area contributed by atoms with Crippen LogP contribution >= 0.6 is 12.4 Å². The highest BCUT2D eigenvalue weighted by atomic mass is 35.5. The third-order valence-corrected chi connectivity index (χ3v) is 0.393. The average Bonchev–Trinajstić information content (AvgIpc) is 1.68. The number of hydrazine groups is 1. The van der Waals surface area contributed by atoms with Crippen molar-refractivity contribution < 1.29 is 9.53 Å². The Hall–Kier alpha value is -0.480. The minimum atomic E-state index is -0.595. The Bertz CT molecular complexity index is 68.3. The van der Waals surface area contributed by atoms with E-state index in [1.54, 1.807) is 12.3 Å². The van der Waals surface area contributed by atoms with Gasteiger partial charge in [-0.05, 0) is 6.92 Å². The van der Waals surface area contributed by atoms with E-state index >= 15 is 0 Å². The number of carbonyl (C=O) groups excluding carboxylic acids is 1. The molecule has 0 heterocycles. The van der Waals surface area contributed by atoms with E-state index in [-0.39, 0.29) is 12.4 Å². The van der Waals surface area contributed by atoms with Gasteiger partial charge in [0.2, 0.25) is 0 Å². The first-order valence-corrected chi connectivity index (χ1v) is 1.94. The predicted molar refractivity (Wildman–Crippen MR) is 31.6 cm³/mol. The number of hydrogen-bond donors (Lipinski definition) is 2. The molecule has 0 unspecified atom stereocenters. The van der Waals surface area contributed by atoms with Crippen molar-refractivity contribution in [2.24, 2.45) is 5.84 Å². The van der Waals surface area contributed by atoms with Gasteiger partial charge < -0.3 is 4.74 Å². The van der Waals surface area contributed by atoms with Crippen LogP contribution in [-0.2, 0) is 4.74 Å². The molecular formula is C3H9ClN2O2. The minimum absolute atomic E-state index is 0. The van der Waals surface area contributed by atoms with Gasteiger partial charge in [0.05, 0.1) is 6.61 Å². The molecule has 8 heavy (non-hydrogen) atoms. The lowest BCUT2D eigenvalue weighted by molar-refractivity contribution is 0.152. The van der Waals surface area contributed by atoms with Gasteiger partial charge in [0.25, 0.3) is 0 Å². The van der Waals surface area contributed by atoms with Crippen LogP contribution in [-0.4, -0.2) is 12.7 Å². The molecule has 0 aliphatic carbocycles. The zero-order valence-corrected chi connectivity index (χ0v) is 5.33. The first-order valence-electron chi connectivity index (χ1n) is 1.94. The lowest BCUT2D eigenvalue weighted by atomic mass is 10.9. The molecule has 0 aliphatic rings. The van der Waals surface area contributed by atoms with Crippen molar-refractivity contribution in [2.45, 2.75) is 6.92 Å². The van der Waals surface area contributed by atoms with Crippen LogP contribution in [0.5, 0.6) is 0 Å². The fourth-order valence-corrected chi connectivity index (χ4v) is 0.173. The molecule has 3 N–H and O–H groups in total. The monoisotopic (exact) mass is 140 g/mol. The molecule has 0 aromatic heterocycles. The summed E-state index contributed by atoms with van der Waals surface area (Å²) < 4.78 is 4.32. The molecule has 0 aromatic carbocycles. The summed E-state index contributed by atoms with van der Waals surface area (Å²) in [7, 11) is 0. The van der Waals surface area contributed by atoms with Gasteiger partial charge >= 0.3 is 6.09 Å². The lowest BCUT2D eigenvalue weighted by Gasteiger charge is -1.95. The van der Waals surface area contributed by atoms with E-state index in [1.165, 1.54) is 0 Å². The highest BCUT2D eigenvalue weighted by Gasteiger charge is 1.89. The number of hydrogen-bond acceptors (Lipinski definition) is 3. The van der Waals surface area contributed by atoms with E-state index in [2.05, 4.69) is 10.6 Å². The summed E-state index contributed by atoms with van der Waals surface area (Å²) in [4.78, 5) is 9.95. The topological polar surface area (TPSA) is 64.3 Å². The molecule has 5 heteroatoms. The number of halogens is 1. The van der Waals surface area contributed by atoms with Gasteiger partial charge in [-0.25, -0.2) is 10.6 Å². The van der Waals surface area contributed by atoms with Gasteiger partial charge in [-0.2, -0.15) is 0 Å². The standard InChI is InChI=1S/C3H8N2O2.ClH/c1-2-7-3(6)5-4;/h2,4H2,1H3,(H,5,6);1H. The maximum atomic E-state index is 9.95. The lowest BCUT2D eigenvalue weighted by Crippen LogP contribution is -2.30. The second-order valence-electron chi connectivity index (χ2n) is 0.865. The van der Waals surface area contributed by atoms with Crippen molar-refractivity contribution in [1.82, 2.24) is 5.43 Å². The molecule has 50 valence electrons. The van der Waals surface area contributed by atoms with Crippen LogP contribution in [0.2, 0.25) is 0 Å². The van der Waals surface area contributed by atoms with Crippen molar-refractivity contribution in [3.05, 3.63) is 0 Å². The molecular weight excluding hydrogens is 131 g/mol. The Morgan fingerprint density at radius 3 is 2.50 bits per heavy atom. The molecule has 0 spiro atoms. The number of ether oxygens (including phenoxy) is 1. The molecule has 0 atom stereocenters. The summed E-state index contributed by atoms with van der Waals surface area (Å²) in [6, 6.07) is 0. The van der Waals surface area contributed by atoms with E-state index in [1.807, 2.05) is 0 Å². The van der Waals surface area contributed by atoms with Crippen molar-refractivity contribution in [1.29, 1.82) is 0 Å². The van der Waals surface area contributed by atoms with Crippen LogP contribution in [0, 0.1) is 0 Å². The molecule has 0 bridgehead atoms. The molecule has 0 saturated heterocycles. The molecule has 0 fully saturated rings. The van der Waals surface area contributed by atoms with Crippen LogP contribution in [0.1, 0.15) is 6.92 Å². The van der Waals surface area contributed by atoms with Gasteiger partial charge in [-0.15, -0.1) is 12.4 Å². The van der Waals surface area contributed by atoms with Gasteiger partial charge in [0.15, 0.2) is 0 Å². The zero-order valence-electron chi connectivity index (χ0n) is 4.51. The first-order chi connectivity index (χ1) is 3.31. The fourth-order valence-electron chi connectivity index (χ4n) is 0.173. The van der Waals surface area contributed by atoms with E-state index in [4.69, 9.17) is 0 Å². The summed E-state index contributed by atoms with van der Waals surface area (Å²) >= 11 is 0. The minimum Gasteiger partial charge on any atom is -0.449 e. The number of carbonyl (C=O) groups is 1. The van der Waals surface area contributed by atoms with Crippen molar-refractivity contribution in [2.75, 3.05) is 6.61 Å². The van der Waals surface area contributed by atoms with Crippen molar-refractivity contribution >= 4 is 18.5 Å². The Kier molecular flexibility index (Phi) is 8.55. The summed E-state index contributed by atoms with van der Waals surface area (Å²) in [5, 5.41) is 0. The summed E-state index contributed by atoms with van der Waals surface area (Å²) in [6.45, 7) is 2.05. The van der Waals surface area contributed by atoms with Gasteiger partial charge in [0.1, 0.15) is 0 Å². The molecule has 0 saturated carbocycles. The number of rotatable bonds is 1. The quantitative estimate of drug-likeness (QED) is 0.307. The number of nitrogens with two attached hydrogens (primary N) is 1. The third kappa shape index (κ3) is 5.52. The highest BCUT2D eigenvalue weighted by Crippen LogP contribution is 1.69. The summed E-state index contributed by atoms with van der Waals surface area (Å²) in [5.41, 5.74) is 1.80. The maximum absolute atomic E-state index is 9.95. The molecule has 1 amide bonds. The van der Waals surface area contributed by atoms with Crippen LogP contribution in [0.15, 0.2) is 0 Å². The Morgan fingerprint density at radius 2 is 2.38 bits per heavy atom. The number of amides is 1. The second-order valence-corrected chi connectivity index (χ2v) is 0.865. The van der Waals surface area contributed by atoms with E-state index in [0.29, 0.717) is 6.61 Å². The van der Waals surface area contributed by atoms with E-state index in [9.17, 15) is 4.79 Å². The molecule has 0 aliphatic heterocycles. The Labute approximate surface area is 53.8 Å². The molecule has 4 nitrogen and oxygen atoms in total. The smallest absolute Gasteiger partial charge is 0.421 e. The summed E-state index contributed by atoms with van der Waals surface area (Å²) in [6.07, 6.45) is -0.595. The zero-order chi connectivity index (χ0) is 5.70. The largest absolute Gasteiger partial charge is 0.449 e. The van der Waals surface area contributed by atoms with Crippen LogP contribution in [0.25, 0.3) is 0 Å². The van der Waals surface area contributed by atoms with Gasteiger partial charge in [0, 0.05) is 0 Å². The Balaban J connectivity index is 0. The average molecular weight is 141 g/mol. The van der Waals surface area contributed by atoms with Crippen molar-refractivity contribution in [3.8, 4) is 0 Å². The molecule has 0 rings (SSSR count). The predicted octanol–water partition coefficient (Wildman–Crippen LogP) is 0.0280. The Morgan fingerprint density at radius 1 is 1.88 bits per heavy atom. The van der Waals surface area contributed by atoms with Crippen LogP contribution < -0.4 is 11.3 Å². The second kappa shape index (κ2) is 6.52. The third-order valence-electron chi connectivity index (χ3n) is 0.393. The van der Waals surface area contributed by atoms with Gasteiger partial charge in [-0.1, -0.05) is 0 Å².